The van der Waals surface area contributed by atoms with Crippen LogP contribution in [-0.2, 0) is 4.79 Å². The zero-order valence-electron chi connectivity index (χ0n) is 12.5. The van der Waals surface area contributed by atoms with Crippen LogP contribution in [0.1, 0.15) is 30.4 Å². The topological polar surface area (TPSA) is 57.5 Å². The van der Waals surface area contributed by atoms with Gasteiger partial charge in [-0.1, -0.05) is 18.2 Å². The summed E-state index contributed by atoms with van der Waals surface area (Å²) in [5.41, 5.74) is 4.18. The molecule has 5 nitrogen and oxygen atoms in total. The highest BCUT2D eigenvalue weighted by Crippen LogP contribution is 2.34. The molecule has 2 saturated heterocycles. The van der Waals surface area contributed by atoms with Gasteiger partial charge >= 0.3 is 0 Å². The van der Waals surface area contributed by atoms with Gasteiger partial charge < -0.3 is 4.42 Å². The number of carbonyl (C=O) groups is 1. The van der Waals surface area contributed by atoms with E-state index < -0.39 is 0 Å². The summed E-state index contributed by atoms with van der Waals surface area (Å²) in [6.45, 7) is 1.95. The second kappa shape index (κ2) is 5.26. The number of piperidine rings is 1. The number of carbonyl (C=O) groups excluding carboxylic acids is 1. The first-order valence-electron chi connectivity index (χ1n) is 7.70. The molecule has 2 fully saturated rings. The molecule has 2 aliphatic rings. The maximum absolute atomic E-state index is 12.6. The smallest absolute Gasteiger partial charge is 0.247 e. The number of benzene rings is 1. The van der Waals surface area contributed by atoms with E-state index >= 15 is 0 Å². The monoisotopic (exact) mass is 297 g/mol. The van der Waals surface area contributed by atoms with Gasteiger partial charge in [0.05, 0.1) is 23.8 Å². The molecule has 1 amide bonds. The Balaban J connectivity index is 1.53. The molecular weight excluding hydrogens is 278 g/mol. The number of amides is 1. The zero-order chi connectivity index (χ0) is 15.1. The van der Waals surface area contributed by atoms with Crippen molar-refractivity contribution in [3.8, 4) is 0 Å². The van der Waals surface area contributed by atoms with Crippen molar-refractivity contribution < 1.29 is 9.21 Å². The van der Waals surface area contributed by atoms with Crippen molar-refractivity contribution in [3.63, 3.8) is 0 Å². The molecule has 0 aliphatic carbocycles. The van der Waals surface area contributed by atoms with Crippen LogP contribution in [0.4, 0.5) is 5.69 Å². The van der Waals surface area contributed by atoms with Crippen molar-refractivity contribution in [2.75, 3.05) is 5.01 Å². The fraction of sp³-hybridized carbons (Fsp3) is 0.353. The fourth-order valence-corrected chi connectivity index (χ4v) is 3.33. The third kappa shape index (κ3) is 2.23. The minimum Gasteiger partial charge on any atom is -0.465 e. The van der Waals surface area contributed by atoms with Gasteiger partial charge in [0.15, 0.2) is 0 Å². The Bertz CT molecular complexity index is 682. The molecule has 0 radical (unpaired) electrons. The minimum atomic E-state index is -0.0446. The third-order valence-corrected chi connectivity index (χ3v) is 4.47. The lowest BCUT2D eigenvalue weighted by molar-refractivity contribution is -0.121. The van der Waals surface area contributed by atoms with E-state index in [0.717, 1.165) is 30.0 Å². The highest BCUT2D eigenvalue weighted by molar-refractivity contribution is 5.96. The molecule has 4 rings (SSSR count). The Morgan fingerprint density at radius 1 is 1.14 bits per heavy atom. The molecule has 2 aliphatic heterocycles. The number of hydrazine groups is 1. The fourth-order valence-electron chi connectivity index (χ4n) is 3.33. The summed E-state index contributed by atoms with van der Waals surface area (Å²) in [4.78, 5) is 12.6. The summed E-state index contributed by atoms with van der Waals surface area (Å²) in [6.07, 6.45) is 1.72. The minimum absolute atomic E-state index is 0.0208. The molecule has 22 heavy (non-hydrogen) atoms. The Morgan fingerprint density at radius 3 is 2.68 bits per heavy atom. The van der Waals surface area contributed by atoms with Gasteiger partial charge in [0, 0.05) is 0 Å². The van der Waals surface area contributed by atoms with Crippen molar-refractivity contribution in [2.45, 2.75) is 32.0 Å². The van der Waals surface area contributed by atoms with Gasteiger partial charge in [-0.05, 0) is 44.0 Å². The van der Waals surface area contributed by atoms with E-state index in [1.807, 2.05) is 49.4 Å². The van der Waals surface area contributed by atoms with Gasteiger partial charge in [0.25, 0.3) is 0 Å². The molecule has 3 heterocycles. The van der Waals surface area contributed by atoms with E-state index in [9.17, 15) is 4.79 Å². The predicted molar refractivity (Wildman–Crippen MR) is 82.9 cm³/mol. The molecule has 1 aromatic carbocycles. The zero-order valence-corrected chi connectivity index (χ0v) is 12.5. The van der Waals surface area contributed by atoms with Crippen LogP contribution in [0.25, 0.3) is 0 Å². The lowest BCUT2D eigenvalue weighted by Gasteiger charge is -2.30. The second-order valence-corrected chi connectivity index (χ2v) is 5.97. The largest absolute Gasteiger partial charge is 0.465 e. The van der Waals surface area contributed by atoms with Crippen molar-refractivity contribution in [3.05, 3.63) is 54.0 Å². The Kier molecular flexibility index (Phi) is 3.24. The van der Waals surface area contributed by atoms with E-state index in [2.05, 4.69) is 10.7 Å². The highest BCUT2D eigenvalue weighted by atomic mass is 16.3. The van der Waals surface area contributed by atoms with E-state index in [1.54, 1.807) is 5.01 Å². The van der Waals surface area contributed by atoms with Crippen molar-refractivity contribution in [1.29, 1.82) is 0 Å². The van der Waals surface area contributed by atoms with Crippen LogP contribution in [0.2, 0.25) is 0 Å². The standard InChI is InChI=1S/C17H19N3O2/c1-11-7-10-15(22-11)14-9-8-13-16(18-14)19-20(17(13)21)12-5-3-2-4-6-12/h2-7,10,13-14,16,18-19H,8-9H2,1H3. The van der Waals surface area contributed by atoms with E-state index in [0.29, 0.717) is 0 Å². The summed E-state index contributed by atoms with van der Waals surface area (Å²) in [5.74, 6) is 1.98. The van der Waals surface area contributed by atoms with Crippen LogP contribution in [0, 0.1) is 12.8 Å². The first kappa shape index (κ1) is 13.5. The molecule has 1 aromatic heterocycles. The van der Waals surface area contributed by atoms with Crippen LogP contribution in [0.15, 0.2) is 46.9 Å². The molecule has 3 unspecified atom stereocenters. The summed E-state index contributed by atoms with van der Waals surface area (Å²) in [7, 11) is 0. The molecule has 0 saturated carbocycles. The second-order valence-electron chi connectivity index (χ2n) is 5.97. The van der Waals surface area contributed by atoms with Crippen LogP contribution in [0.3, 0.4) is 0 Å². The third-order valence-electron chi connectivity index (χ3n) is 4.47. The van der Waals surface area contributed by atoms with Gasteiger partial charge in [-0.2, -0.15) is 0 Å². The van der Waals surface area contributed by atoms with Crippen molar-refractivity contribution in [2.24, 2.45) is 5.92 Å². The maximum atomic E-state index is 12.6. The first-order valence-corrected chi connectivity index (χ1v) is 7.70. The van der Waals surface area contributed by atoms with Crippen LogP contribution in [0.5, 0.6) is 0 Å². The highest BCUT2D eigenvalue weighted by Gasteiger charge is 2.44. The first-order chi connectivity index (χ1) is 10.7. The number of para-hydroxylation sites is 1. The van der Waals surface area contributed by atoms with Crippen molar-refractivity contribution in [1.82, 2.24) is 10.7 Å². The summed E-state index contributed by atoms with van der Waals surface area (Å²) in [6, 6.07) is 13.9. The number of anilines is 1. The summed E-state index contributed by atoms with van der Waals surface area (Å²) in [5, 5.41) is 5.17. The molecule has 0 spiro atoms. The average molecular weight is 297 g/mol. The number of rotatable bonds is 2. The lowest BCUT2D eigenvalue weighted by Crippen LogP contribution is -2.49. The van der Waals surface area contributed by atoms with Gasteiger partial charge in [0.2, 0.25) is 5.91 Å². The van der Waals surface area contributed by atoms with Crippen LogP contribution < -0.4 is 15.8 Å². The number of hydrogen-bond donors (Lipinski definition) is 2. The number of nitrogens with zero attached hydrogens (tertiary/aromatic N) is 1. The quantitative estimate of drug-likeness (QED) is 0.894. The molecule has 2 aromatic rings. The van der Waals surface area contributed by atoms with Crippen LogP contribution in [-0.4, -0.2) is 12.1 Å². The number of fused-ring (bicyclic) bond motifs is 1. The SMILES string of the molecule is Cc1ccc(C2CCC3C(=O)N(c4ccccc4)NC3N2)o1. The number of furan rings is 1. The van der Waals surface area contributed by atoms with E-state index in [1.165, 1.54) is 0 Å². The number of aryl methyl sites for hydroxylation is 1. The molecular formula is C17H19N3O2. The summed E-state index contributed by atoms with van der Waals surface area (Å²) < 4.78 is 5.72. The number of hydrogen-bond acceptors (Lipinski definition) is 4. The molecule has 2 N–H and O–H groups in total. The van der Waals surface area contributed by atoms with Crippen LogP contribution >= 0.6 is 0 Å². The molecule has 114 valence electrons. The van der Waals surface area contributed by atoms with Gasteiger partial charge in [-0.3, -0.25) is 10.1 Å². The molecule has 5 heteroatoms. The molecule has 3 atom stereocenters. The van der Waals surface area contributed by atoms with Gasteiger partial charge in [-0.15, -0.1) is 0 Å². The lowest BCUT2D eigenvalue weighted by atomic mass is 9.91. The molecule has 0 bridgehead atoms. The predicted octanol–water partition coefficient (Wildman–Crippen LogP) is 2.51. The normalized spacial score (nSPS) is 28.0. The van der Waals surface area contributed by atoms with E-state index in [-0.39, 0.29) is 24.0 Å². The van der Waals surface area contributed by atoms with Gasteiger partial charge in [-0.25, -0.2) is 10.4 Å². The average Bonchev–Trinajstić information content (AvgIpc) is 3.12. The van der Waals surface area contributed by atoms with Gasteiger partial charge in [0.1, 0.15) is 11.5 Å². The number of nitrogens with one attached hydrogen (secondary N) is 2. The Morgan fingerprint density at radius 2 is 1.95 bits per heavy atom. The van der Waals surface area contributed by atoms with E-state index in [4.69, 9.17) is 4.42 Å². The Hall–Kier alpha value is -2.11. The Labute approximate surface area is 129 Å². The summed E-state index contributed by atoms with van der Waals surface area (Å²) >= 11 is 0. The van der Waals surface area contributed by atoms with Crippen molar-refractivity contribution >= 4 is 11.6 Å². The maximum Gasteiger partial charge on any atom is 0.247 e.